The molecule has 3 aromatic rings. The number of benzene rings is 2. The predicted molar refractivity (Wildman–Crippen MR) is 111 cm³/mol. The Morgan fingerprint density at radius 2 is 1.93 bits per heavy atom. The van der Waals surface area contributed by atoms with Crippen molar-refractivity contribution < 1.29 is 9.53 Å². The SMILES string of the molecule is COc1ccc(-c2nnc([C@H]3CCCN(C(=O)Nc4ccccc4)C3)s2)cc1. The van der Waals surface area contributed by atoms with Crippen LogP contribution in [0.4, 0.5) is 10.5 Å². The van der Waals surface area contributed by atoms with Gasteiger partial charge in [0, 0.05) is 30.3 Å². The number of amides is 2. The first-order valence-corrected chi connectivity index (χ1v) is 10.1. The lowest BCUT2D eigenvalue weighted by Gasteiger charge is -2.31. The number of methoxy groups -OCH3 is 1. The number of nitrogens with zero attached hydrogens (tertiary/aromatic N) is 3. The highest BCUT2D eigenvalue weighted by Gasteiger charge is 2.27. The van der Waals surface area contributed by atoms with E-state index in [9.17, 15) is 4.79 Å². The van der Waals surface area contributed by atoms with Gasteiger partial charge in [-0.15, -0.1) is 10.2 Å². The summed E-state index contributed by atoms with van der Waals surface area (Å²) >= 11 is 1.60. The largest absolute Gasteiger partial charge is 0.497 e. The van der Waals surface area contributed by atoms with Gasteiger partial charge < -0.3 is 15.0 Å². The van der Waals surface area contributed by atoms with Crippen LogP contribution in [0.1, 0.15) is 23.8 Å². The summed E-state index contributed by atoms with van der Waals surface area (Å²) in [6, 6.07) is 17.3. The molecule has 1 aliphatic heterocycles. The first-order valence-electron chi connectivity index (χ1n) is 9.32. The molecule has 0 unspecified atom stereocenters. The number of hydrogen-bond donors (Lipinski definition) is 1. The van der Waals surface area contributed by atoms with E-state index in [-0.39, 0.29) is 11.9 Å². The van der Waals surface area contributed by atoms with E-state index in [4.69, 9.17) is 4.74 Å². The van der Waals surface area contributed by atoms with Crippen LogP contribution in [0.3, 0.4) is 0 Å². The number of anilines is 1. The molecule has 2 heterocycles. The van der Waals surface area contributed by atoms with Crippen molar-refractivity contribution in [3.63, 3.8) is 0 Å². The Hall–Kier alpha value is -2.93. The van der Waals surface area contributed by atoms with Crippen LogP contribution < -0.4 is 10.1 Å². The third-order valence-corrected chi connectivity index (χ3v) is 6.00. The Morgan fingerprint density at radius 1 is 1.14 bits per heavy atom. The topological polar surface area (TPSA) is 67.4 Å². The molecule has 0 saturated carbocycles. The maximum atomic E-state index is 12.6. The molecule has 0 aliphatic carbocycles. The summed E-state index contributed by atoms with van der Waals surface area (Å²) in [5.74, 6) is 1.04. The molecule has 1 atom stereocenters. The molecule has 7 heteroatoms. The summed E-state index contributed by atoms with van der Waals surface area (Å²) in [5, 5.41) is 13.6. The van der Waals surface area contributed by atoms with Crippen LogP contribution in [0.2, 0.25) is 0 Å². The van der Waals surface area contributed by atoms with Gasteiger partial charge in [0.05, 0.1) is 7.11 Å². The summed E-state index contributed by atoms with van der Waals surface area (Å²) in [7, 11) is 1.65. The van der Waals surface area contributed by atoms with Gasteiger partial charge in [-0.2, -0.15) is 0 Å². The number of urea groups is 1. The number of aromatic nitrogens is 2. The second kappa shape index (κ2) is 8.39. The Balaban J connectivity index is 1.43. The maximum Gasteiger partial charge on any atom is 0.321 e. The Morgan fingerprint density at radius 3 is 2.68 bits per heavy atom. The molecule has 1 aromatic heterocycles. The number of likely N-dealkylation sites (tertiary alicyclic amines) is 1. The van der Waals surface area contributed by atoms with Crippen molar-refractivity contribution in [3.8, 4) is 16.3 Å². The monoisotopic (exact) mass is 394 g/mol. The van der Waals surface area contributed by atoms with Gasteiger partial charge in [-0.1, -0.05) is 29.5 Å². The number of carbonyl (C=O) groups is 1. The molecule has 2 amide bonds. The van der Waals surface area contributed by atoms with E-state index in [1.807, 2.05) is 59.5 Å². The molecule has 1 saturated heterocycles. The van der Waals surface area contributed by atoms with E-state index >= 15 is 0 Å². The first-order chi connectivity index (χ1) is 13.7. The van der Waals surface area contributed by atoms with Crippen LogP contribution in [0.25, 0.3) is 10.6 Å². The number of piperidine rings is 1. The first kappa shape index (κ1) is 18.4. The van der Waals surface area contributed by atoms with Crippen LogP contribution in [0.15, 0.2) is 54.6 Å². The van der Waals surface area contributed by atoms with Gasteiger partial charge >= 0.3 is 6.03 Å². The minimum atomic E-state index is -0.0595. The lowest BCUT2D eigenvalue weighted by molar-refractivity contribution is 0.192. The minimum absolute atomic E-state index is 0.0595. The van der Waals surface area contributed by atoms with Gasteiger partial charge in [0.25, 0.3) is 0 Å². The molecular formula is C21H22N4O2S. The Kier molecular flexibility index (Phi) is 5.53. The molecule has 1 aliphatic rings. The highest BCUT2D eigenvalue weighted by molar-refractivity contribution is 7.14. The molecule has 144 valence electrons. The lowest BCUT2D eigenvalue weighted by Crippen LogP contribution is -2.41. The third kappa shape index (κ3) is 4.14. The van der Waals surface area contributed by atoms with Gasteiger partial charge in [0.1, 0.15) is 15.8 Å². The third-order valence-electron chi connectivity index (χ3n) is 4.86. The number of hydrogen-bond acceptors (Lipinski definition) is 5. The Labute approximate surface area is 168 Å². The van der Waals surface area contributed by atoms with Crippen molar-refractivity contribution in [1.82, 2.24) is 15.1 Å². The second-order valence-electron chi connectivity index (χ2n) is 6.76. The van der Waals surface area contributed by atoms with Crippen LogP contribution >= 0.6 is 11.3 Å². The fourth-order valence-electron chi connectivity index (χ4n) is 3.34. The normalized spacial score (nSPS) is 16.6. The average Bonchev–Trinajstić information content (AvgIpc) is 3.25. The zero-order valence-electron chi connectivity index (χ0n) is 15.7. The molecule has 6 nitrogen and oxygen atoms in total. The van der Waals surface area contributed by atoms with Crippen molar-refractivity contribution in [3.05, 3.63) is 59.6 Å². The number of para-hydroxylation sites is 1. The predicted octanol–water partition coefficient (Wildman–Crippen LogP) is 4.63. The van der Waals surface area contributed by atoms with E-state index in [2.05, 4.69) is 15.5 Å². The molecule has 0 radical (unpaired) electrons. The van der Waals surface area contributed by atoms with Gasteiger partial charge in [-0.05, 0) is 49.2 Å². The molecular weight excluding hydrogens is 372 g/mol. The molecule has 0 bridgehead atoms. The zero-order valence-corrected chi connectivity index (χ0v) is 16.5. The highest BCUT2D eigenvalue weighted by atomic mass is 32.1. The number of rotatable bonds is 4. The summed E-state index contributed by atoms with van der Waals surface area (Å²) < 4.78 is 5.21. The van der Waals surface area contributed by atoms with Crippen molar-refractivity contribution in [2.45, 2.75) is 18.8 Å². The summed E-state index contributed by atoms with van der Waals surface area (Å²) in [5.41, 5.74) is 1.84. The smallest absolute Gasteiger partial charge is 0.321 e. The fourth-order valence-corrected chi connectivity index (χ4v) is 4.31. The minimum Gasteiger partial charge on any atom is -0.497 e. The summed E-state index contributed by atoms with van der Waals surface area (Å²) in [6.07, 6.45) is 1.98. The molecule has 28 heavy (non-hydrogen) atoms. The van der Waals surface area contributed by atoms with Gasteiger partial charge in [0.15, 0.2) is 0 Å². The van der Waals surface area contributed by atoms with Crippen LogP contribution in [0.5, 0.6) is 5.75 Å². The van der Waals surface area contributed by atoms with Crippen LogP contribution in [0, 0.1) is 0 Å². The number of ether oxygens (including phenoxy) is 1. The Bertz CT molecular complexity index is 927. The highest BCUT2D eigenvalue weighted by Crippen LogP contribution is 2.33. The van der Waals surface area contributed by atoms with Crippen LogP contribution in [-0.4, -0.2) is 41.3 Å². The van der Waals surface area contributed by atoms with Crippen molar-refractivity contribution in [2.24, 2.45) is 0 Å². The molecule has 1 N–H and O–H groups in total. The summed E-state index contributed by atoms with van der Waals surface area (Å²) in [4.78, 5) is 14.5. The van der Waals surface area contributed by atoms with E-state index in [1.165, 1.54) is 0 Å². The quantitative estimate of drug-likeness (QED) is 0.701. The van der Waals surface area contributed by atoms with E-state index in [0.29, 0.717) is 6.54 Å². The van der Waals surface area contributed by atoms with Crippen LogP contribution in [-0.2, 0) is 0 Å². The molecule has 1 fully saturated rings. The molecule has 2 aromatic carbocycles. The maximum absolute atomic E-state index is 12.6. The van der Waals surface area contributed by atoms with Crippen molar-refractivity contribution in [2.75, 3.05) is 25.5 Å². The molecule has 4 rings (SSSR count). The molecule has 0 spiro atoms. The van der Waals surface area contributed by atoms with Gasteiger partial charge in [0.2, 0.25) is 0 Å². The van der Waals surface area contributed by atoms with E-state index in [0.717, 1.165) is 46.4 Å². The zero-order chi connectivity index (χ0) is 19.3. The summed E-state index contributed by atoms with van der Waals surface area (Å²) in [6.45, 7) is 1.43. The fraction of sp³-hybridized carbons (Fsp3) is 0.286. The average molecular weight is 395 g/mol. The van der Waals surface area contributed by atoms with E-state index in [1.54, 1.807) is 18.4 Å². The second-order valence-corrected chi connectivity index (χ2v) is 7.76. The van der Waals surface area contributed by atoms with Crippen molar-refractivity contribution >= 4 is 23.1 Å². The van der Waals surface area contributed by atoms with Crippen molar-refractivity contribution in [1.29, 1.82) is 0 Å². The standard InChI is InChI=1S/C21H22N4O2S/c1-27-18-11-9-15(10-12-18)19-23-24-20(28-19)16-6-5-13-25(14-16)21(26)22-17-7-3-2-4-8-17/h2-4,7-12,16H,5-6,13-14H2,1H3,(H,22,26)/t16-/m0/s1. The van der Waals surface area contributed by atoms with Gasteiger partial charge in [-0.3, -0.25) is 0 Å². The van der Waals surface area contributed by atoms with Gasteiger partial charge in [-0.25, -0.2) is 4.79 Å². The van der Waals surface area contributed by atoms with E-state index < -0.39 is 0 Å². The number of nitrogens with one attached hydrogen (secondary N) is 1. The lowest BCUT2D eigenvalue weighted by atomic mass is 9.99. The number of carbonyl (C=O) groups excluding carboxylic acids is 1.